The molecule has 2 heterocycles. The third-order valence-electron chi connectivity index (χ3n) is 4.13. The van der Waals surface area contributed by atoms with Crippen molar-refractivity contribution in [3.8, 4) is 0 Å². The van der Waals surface area contributed by atoms with Crippen LogP contribution in [0.3, 0.4) is 0 Å². The topological polar surface area (TPSA) is 39.1 Å². The molecule has 0 amide bonds. The minimum absolute atomic E-state index is 0.0867. The van der Waals surface area contributed by atoms with Crippen molar-refractivity contribution in [3.05, 3.63) is 12.4 Å². The zero-order valence-electron chi connectivity index (χ0n) is 12.5. The van der Waals surface area contributed by atoms with Gasteiger partial charge in [0, 0.05) is 24.5 Å². The molecule has 105 valence electrons. The van der Waals surface area contributed by atoms with Crippen LogP contribution in [0.1, 0.15) is 53.2 Å². The lowest BCUT2D eigenvalue weighted by atomic mass is 9.78. The molecule has 5 heteroatoms. The number of nitrogens with zero attached hydrogens (tertiary/aromatic N) is 2. The van der Waals surface area contributed by atoms with Gasteiger partial charge in [-0.25, -0.2) is 4.68 Å². The minimum Gasteiger partial charge on any atom is -0.357 e. The SMILES string of the molecule is CC(C)C(C)(C)N[B]c1cnn(C2CCCCO2)c1. The van der Waals surface area contributed by atoms with E-state index in [-0.39, 0.29) is 11.8 Å². The normalized spacial score (nSPS) is 20.8. The highest BCUT2D eigenvalue weighted by Gasteiger charge is 2.22. The highest BCUT2D eigenvalue weighted by molar-refractivity contribution is 6.50. The van der Waals surface area contributed by atoms with Crippen LogP contribution in [0, 0.1) is 5.92 Å². The van der Waals surface area contributed by atoms with Crippen LogP contribution in [-0.2, 0) is 4.74 Å². The zero-order chi connectivity index (χ0) is 13.9. The number of rotatable bonds is 5. The summed E-state index contributed by atoms with van der Waals surface area (Å²) in [6, 6.07) is 0. The van der Waals surface area contributed by atoms with Gasteiger partial charge in [0.15, 0.2) is 0 Å². The molecule has 0 aliphatic carbocycles. The molecule has 1 radical (unpaired) electrons. The van der Waals surface area contributed by atoms with Gasteiger partial charge >= 0.3 is 0 Å². The van der Waals surface area contributed by atoms with E-state index in [1.165, 1.54) is 12.8 Å². The molecule has 4 nitrogen and oxygen atoms in total. The minimum atomic E-state index is 0.0867. The summed E-state index contributed by atoms with van der Waals surface area (Å²) >= 11 is 0. The number of hydrogen-bond donors (Lipinski definition) is 1. The van der Waals surface area contributed by atoms with E-state index in [0.717, 1.165) is 18.5 Å². The molecular formula is C14H25BN3O. The summed E-state index contributed by atoms with van der Waals surface area (Å²) in [6.07, 6.45) is 7.52. The maximum atomic E-state index is 5.73. The maximum Gasteiger partial charge on any atom is 0.249 e. The predicted octanol–water partition coefficient (Wildman–Crippen LogP) is 1.85. The Balaban J connectivity index is 1.90. The van der Waals surface area contributed by atoms with Crippen LogP contribution in [0.5, 0.6) is 0 Å². The van der Waals surface area contributed by atoms with E-state index in [2.05, 4.69) is 44.2 Å². The van der Waals surface area contributed by atoms with E-state index in [1.807, 2.05) is 18.3 Å². The van der Waals surface area contributed by atoms with Crippen LogP contribution < -0.4 is 10.7 Å². The molecule has 1 unspecified atom stereocenters. The average Bonchev–Trinajstić information content (AvgIpc) is 2.86. The largest absolute Gasteiger partial charge is 0.357 e. The summed E-state index contributed by atoms with van der Waals surface area (Å²) in [4.78, 5) is 0. The Morgan fingerprint density at radius 3 is 2.89 bits per heavy atom. The number of hydrogen-bond acceptors (Lipinski definition) is 3. The van der Waals surface area contributed by atoms with E-state index in [4.69, 9.17) is 4.74 Å². The first-order valence-electron chi connectivity index (χ1n) is 7.26. The summed E-state index contributed by atoms with van der Waals surface area (Å²) in [5.74, 6) is 0.570. The smallest absolute Gasteiger partial charge is 0.249 e. The molecule has 0 aromatic carbocycles. The standard InChI is InChI=1S/C14H25BN3O/c1-11(2)14(3,4)17-15-12-9-16-18(10-12)13-7-5-6-8-19-13/h9-11,13,17H,5-8H2,1-4H3. The van der Waals surface area contributed by atoms with E-state index < -0.39 is 0 Å². The Labute approximate surface area is 117 Å². The average molecular weight is 262 g/mol. The lowest BCUT2D eigenvalue weighted by Gasteiger charge is -2.30. The first-order valence-corrected chi connectivity index (χ1v) is 7.26. The molecule has 1 aromatic heterocycles. The van der Waals surface area contributed by atoms with Crippen molar-refractivity contribution in [3.63, 3.8) is 0 Å². The second-order valence-electron chi connectivity index (χ2n) is 6.24. The van der Waals surface area contributed by atoms with Crippen molar-refractivity contribution >= 4 is 12.9 Å². The molecule has 19 heavy (non-hydrogen) atoms. The fourth-order valence-electron chi connectivity index (χ4n) is 1.95. The van der Waals surface area contributed by atoms with Crippen molar-refractivity contribution in [1.82, 2.24) is 15.0 Å². The summed E-state index contributed by atoms with van der Waals surface area (Å²) in [7, 11) is 2.05. The monoisotopic (exact) mass is 262 g/mol. The van der Waals surface area contributed by atoms with E-state index in [1.54, 1.807) is 0 Å². The Morgan fingerprint density at radius 1 is 1.47 bits per heavy atom. The zero-order valence-corrected chi connectivity index (χ0v) is 12.5. The van der Waals surface area contributed by atoms with Gasteiger partial charge in [-0.2, -0.15) is 5.10 Å². The van der Waals surface area contributed by atoms with Crippen LogP contribution in [0.15, 0.2) is 12.4 Å². The van der Waals surface area contributed by atoms with Crippen molar-refractivity contribution in [2.24, 2.45) is 5.92 Å². The van der Waals surface area contributed by atoms with Gasteiger partial charge in [-0.3, -0.25) is 0 Å². The third kappa shape index (κ3) is 3.83. The maximum absolute atomic E-state index is 5.73. The fourth-order valence-corrected chi connectivity index (χ4v) is 1.95. The quantitative estimate of drug-likeness (QED) is 0.823. The van der Waals surface area contributed by atoms with Crippen molar-refractivity contribution in [2.45, 2.75) is 58.7 Å². The number of ether oxygens (including phenoxy) is 1. The van der Waals surface area contributed by atoms with Crippen molar-refractivity contribution in [1.29, 1.82) is 0 Å². The summed E-state index contributed by atoms with van der Waals surface area (Å²) < 4.78 is 7.67. The molecule has 1 atom stereocenters. The van der Waals surface area contributed by atoms with Gasteiger partial charge < -0.3 is 9.96 Å². The number of aromatic nitrogens is 2. The van der Waals surface area contributed by atoms with Gasteiger partial charge in [-0.15, -0.1) is 0 Å². The van der Waals surface area contributed by atoms with E-state index in [0.29, 0.717) is 5.92 Å². The second kappa shape index (κ2) is 6.10. The second-order valence-corrected chi connectivity index (χ2v) is 6.24. The van der Waals surface area contributed by atoms with Crippen LogP contribution in [-0.4, -0.2) is 29.3 Å². The highest BCUT2D eigenvalue weighted by Crippen LogP contribution is 2.20. The predicted molar refractivity (Wildman–Crippen MR) is 78.5 cm³/mol. The van der Waals surface area contributed by atoms with Crippen LogP contribution in [0.2, 0.25) is 0 Å². The molecule has 1 fully saturated rings. The van der Waals surface area contributed by atoms with Gasteiger partial charge in [0.1, 0.15) is 6.23 Å². The Morgan fingerprint density at radius 2 is 2.26 bits per heavy atom. The molecular weight excluding hydrogens is 237 g/mol. The summed E-state index contributed by atoms with van der Waals surface area (Å²) in [5.41, 5.74) is 1.19. The number of nitrogens with one attached hydrogen (secondary N) is 1. The van der Waals surface area contributed by atoms with Crippen LogP contribution >= 0.6 is 0 Å². The first-order chi connectivity index (χ1) is 8.99. The Kier molecular flexibility index (Phi) is 4.69. The van der Waals surface area contributed by atoms with Crippen LogP contribution in [0.25, 0.3) is 0 Å². The molecule has 1 saturated heterocycles. The van der Waals surface area contributed by atoms with Crippen molar-refractivity contribution in [2.75, 3.05) is 6.61 Å². The van der Waals surface area contributed by atoms with Crippen LogP contribution in [0.4, 0.5) is 0 Å². The Bertz CT molecular complexity index is 397. The van der Waals surface area contributed by atoms with Gasteiger partial charge in [0.25, 0.3) is 0 Å². The molecule has 0 saturated carbocycles. The van der Waals surface area contributed by atoms with E-state index >= 15 is 0 Å². The fraction of sp³-hybridized carbons (Fsp3) is 0.786. The highest BCUT2D eigenvalue weighted by atomic mass is 16.5. The molecule has 1 aliphatic heterocycles. The molecule has 1 aliphatic rings. The van der Waals surface area contributed by atoms with Gasteiger partial charge in [0.2, 0.25) is 7.41 Å². The Hall–Kier alpha value is -0.805. The lowest BCUT2D eigenvalue weighted by Crippen LogP contribution is -2.49. The summed E-state index contributed by atoms with van der Waals surface area (Å²) in [6.45, 7) is 9.72. The summed E-state index contributed by atoms with van der Waals surface area (Å²) in [5, 5.41) is 7.88. The van der Waals surface area contributed by atoms with Crippen molar-refractivity contribution < 1.29 is 4.74 Å². The van der Waals surface area contributed by atoms with Gasteiger partial charge in [0.05, 0.1) is 0 Å². The molecule has 1 N–H and O–H groups in total. The molecule has 0 bridgehead atoms. The molecule has 2 rings (SSSR count). The van der Waals surface area contributed by atoms with Gasteiger partial charge in [-0.05, 0) is 44.5 Å². The molecule has 1 aromatic rings. The molecule has 0 spiro atoms. The first kappa shape index (κ1) is 14.6. The van der Waals surface area contributed by atoms with E-state index in [9.17, 15) is 0 Å². The lowest BCUT2D eigenvalue weighted by molar-refractivity contribution is -0.0394. The third-order valence-corrected chi connectivity index (χ3v) is 4.13. The van der Waals surface area contributed by atoms with Gasteiger partial charge in [-0.1, -0.05) is 13.8 Å².